The zero-order valence-corrected chi connectivity index (χ0v) is 15.5. The van der Waals surface area contributed by atoms with Crippen molar-refractivity contribution >= 4 is 16.9 Å². The van der Waals surface area contributed by atoms with Crippen molar-refractivity contribution in [3.8, 4) is 11.5 Å². The van der Waals surface area contributed by atoms with Gasteiger partial charge in [-0.25, -0.2) is 0 Å². The Bertz CT molecular complexity index is 824. The minimum absolute atomic E-state index is 0.0105. The molecule has 0 heterocycles. The lowest BCUT2D eigenvalue weighted by Crippen LogP contribution is -2.03. The first-order chi connectivity index (χ1) is 12.7. The molecule has 132 valence electrons. The average Bonchev–Trinajstić information content (AvgIpc) is 2.72. The summed E-state index contributed by atoms with van der Waals surface area (Å²) in [6, 6.07) is 25.4. The van der Waals surface area contributed by atoms with Gasteiger partial charge in [0.2, 0.25) is 5.12 Å². The lowest BCUT2D eigenvalue weighted by molar-refractivity contribution is 0.108. The largest absolute Gasteiger partial charge is 0.493 e. The van der Waals surface area contributed by atoms with Crippen molar-refractivity contribution in [2.45, 2.75) is 5.25 Å². The number of hydrogen-bond acceptors (Lipinski definition) is 4. The number of hydrogen-bond donors (Lipinski definition) is 0. The minimum Gasteiger partial charge on any atom is -0.493 e. The van der Waals surface area contributed by atoms with Crippen molar-refractivity contribution in [3.63, 3.8) is 0 Å². The predicted molar refractivity (Wildman–Crippen MR) is 106 cm³/mol. The van der Waals surface area contributed by atoms with E-state index in [-0.39, 0.29) is 10.4 Å². The van der Waals surface area contributed by atoms with Crippen LogP contribution in [0.5, 0.6) is 11.5 Å². The van der Waals surface area contributed by atoms with Crippen LogP contribution < -0.4 is 9.47 Å². The second kappa shape index (κ2) is 8.59. The number of methoxy groups -OCH3 is 2. The van der Waals surface area contributed by atoms with Gasteiger partial charge in [0, 0.05) is 5.56 Å². The summed E-state index contributed by atoms with van der Waals surface area (Å²) in [6.07, 6.45) is 0. The van der Waals surface area contributed by atoms with E-state index in [1.54, 1.807) is 32.4 Å². The summed E-state index contributed by atoms with van der Waals surface area (Å²) in [5.74, 6) is 1.16. The normalized spacial score (nSPS) is 10.6. The molecule has 0 aliphatic rings. The third kappa shape index (κ3) is 4.09. The van der Waals surface area contributed by atoms with Gasteiger partial charge in [-0.3, -0.25) is 4.79 Å². The van der Waals surface area contributed by atoms with Crippen molar-refractivity contribution in [1.82, 2.24) is 0 Å². The minimum atomic E-state index is -0.0713. The molecule has 0 aromatic heterocycles. The van der Waals surface area contributed by atoms with E-state index in [1.165, 1.54) is 11.8 Å². The molecular formula is C22H20O3S. The van der Waals surface area contributed by atoms with E-state index in [1.807, 2.05) is 60.7 Å². The maximum Gasteiger partial charge on any atom is 0.220 e. The van der Waals surface area contributed by atoms with Gasteiger partial charge in [-0.2, -0.15) is 0 Å². The van der Waals surface area contributed by atoms with E-state index < -0.39 is 0 Å². The highest BCUT2D eigenvalue weighted by molar-refractivity contribution is 8.14. The molecule has 0 amide bonds. The first-order valence-corrected chi connectivity index (χ1v) is 9.14. The molecule has 0 N–H and O–H groups in total. The maximum atomic E-state index is 12.9. The molecule has 3 aromatic carbocycles. The molecule has 0 aliphatic carbocycles. The van der Waals surface area contributed by atoms with E-state index in [4.69, 9.17) is 9.47 Å². The number of carbonyl (C=O) groups is 1. The highest BCUT2D eigenvalue weighted by atomic mass is 32.2. The lowest BCUT2D eigenvalue weighted by Gasteiger charge is -2.17. The first kappa shape index (κ1) is 18.1. The van der Waals surface area contributed by atoms with Gasteiger partial charge < -0.3 is 9.47 Å². The molecular weight excluding hydrogens is 344 g/mol. The predicted octanol–water partition coefficient (Wildman–Crippen LogP) is 5.37. The third-order valence-corrected chi connectivity index (χ3v) is 5.28. The third-order valence-electron chi connectivity index (χ3n) is 4.05. The van der Waals surface area contributed by atoms with Crippen LogP contribution in [-0.2, 0) is 0 Å². The van der Waals surface area contributed by atoms with E-state index in [2.05, 4.69) is 0 Å². The van der Waals surface area contributed by atoms with Crippen molar-refractivity contribution in [2.24, 2.45) is 0 Å². The van der Waals surface area contributed by atoms with E-state index in [9.17, 15) is 4.79 Å². The van der Waals surface area contributed by atoms with Crippen molar-refractivity contribution in [2.75, 3.05) is 14.2 Å². The van der Waals surface area contributed by atoms with Crippen LogP contribution in [0.1, 0.15) is 26.7 Å². The van der Waals surface area contributed by atoms with Crippen LogP contribution in [-0.4, -0.2) is 19.3 Å². The van der Waals surface area contributed by atoms with Crippen LogP contribution in [0.3, 0.4) is 0 Å². The highest BCUT2D eigenvalue weighted by Crippen LogP contribution is 2.38. The molecule has 3 aromatic rings. The molecule has 26 heavy (non-hydrogen) atoms. The smallest absolute Gasteiger partial charge is 0.220 e. The second-order valence-corrected chi connectivity index (χ2v) is 6.75. The van der Waals surface area contributed by atoms with Crippen LogP contribution in [0, 0.1) is 0 Å². The summed E-state index contributed by atoms with van der Waals surface area (Å²) in [5, 5.41) is -0.0818. The Kier molecular flexibility index (Phi) is 5.97. The standard InChI is InChI=1S/C22H20O3S/c1-24-19-14-13-18(15-20(19)25-2)22(23)26-21(16-9-5-3-6-10-16)17-11-7-4-8-12-17/h3-15,21H,1-2H3. The Morgan fingerprint density at radius 2 is 1.31 bits per heavy atom. The summed E-state index contributed by atoms with van der Waals surface area (Å²) in [6.45, 7) is 0. The fraction of sp³-hybridized carbons (Fsp3) is 0.136. The number of thioether (sulfide) groups is 1. The van der Waals surface area contributed by atoms with Gasteiger partial charge >= 0.3 is 0 Å². The Balaban J connectivity index is 1.91. The zero-order chi connectivity index (χ0) is 18.4. The van der Waals surface area contributed by atoms with Gasteiger partial charge in [0.1, 0.15) is 0 Å². The van der Waals surface area contributed by atoms with Gasteiger partial charge in [-0.05, 0) is 29.3 Å². The van der Waals surface area contributed by atoms with Gasteiger partial charge in [0.15, 0.2) is 11.5 Å². The van der Waals surface area contributed by atoms with Gasteiger partial charge in [-0.1, -0.05) is 72.4 Å². The zero-order valence-electron chi connectivity index (χ0n) is 14.7. The number of benzene rings is 3. The summed E-state index contributed by atoms with van der Waals surface area (Å²) in [4.78, 5) is 12.9. The first-order valence-electron chi connectivity index (χ1n) is 8.26. The van der Waals surface area contributed by atoms with Crippen LogP contribution in [0.4, 0.5) is 0 Å². The van der Waals surface area contributed by atoms with Crippen LogP contribution in [0.15, 0.2) is 78.9 Å². The Morgan fingerprint density at radius 3 is 1.81 bits per heavy atom. The average molecular weight is 364 g/mol. The summed E-state index contributed by atoms with van der Waals surface area (Å²) in [7, 11) is 3.14. The molecule has 4 heteroatoms. The van der Waals surface area contributed by atoms with Crippen molar-refractivity contribution in [1.29, 1.82) is 0 Å². The SMILES string of the molecule is COc1ccc(C(=O)SC(c2ccccc2)c2ccccc2)cc1OC. The second-order valence-electron chi connectivity index (χ2n) is 5.68. The summed E-state index contributed by atoms with van der Waals surface area (Å²) < 4.78 is 10.6. The molecule has 0 aliphatic heterocycles. The fourth-order valence-electron chi connectivity index (χ4n) is 2.72. The molecule has 0 radical (unpaired) electrons. The van der Waals surface area contributed by atoms with Crippen molar-refractivity contribution < 1.29 is 14.3 Å². The lowest BCUT2D eigenvalue weighted by atomic mass is 10.0. The highest BCUT2D eigenvalue weighted by Gasteiger charge is 2.20. The van der Waals surface area contributed by atoms with E-state index in [0.29, 0.717) is 17.1 Å². The molecule has 3 rings (SSSR count). The molecule has 0 bridgehead atoms. The molecule has 0 unspecified atom stereocenters. The van der Waals surface area contributed by atoms with E-state index >= 15 is 0 Å². The topological polar surface area (TPSA) is 35.5 Å². The quantitative estimate of drug-likeness (QED) is 0.589. The fourth-order valence-corrected chi connectivity index (χ4v) is 3.79. The van der Waals surface area contributed by atoms with Gasteiger partial charge in [0.05, 0.1) is 19.5 Å². The molecule has 0 spiro atoms. The Labute approximate surface area is 158 Å². The summed E-state index contributed by atoms with van der Waals surface area (Å²) in [5.41, 5.74) is 2.78. The number of ether oxygens (including phenoxy) is 2. The molecule has 0 saturated carbocycles. The van der Waals surface area contributed by atoms with Crippen LogP contribution in [0.25, 0.3) is 0 Å². The Morgan fingerprint density at radius 1 is 0.769 bits per heavy atom. The van der Waals surface area contributed by atoms with Gasteiger partial charge in [0.25, 0.3) is 0 Å². The molecule has 3 nitrogen and oxygen atoms in total. The van der Waals surface area contributed by atoms with E-state index in [0.717, 1.165) is 11.1 Å². The maximum absolute atomic E-state index is 12.9. The molecule has 0 atom stereocenters. The number of rotatable bonds is 6. The number of carbonyl (C=O) groups excluding carboxylic acids is 1. The molecule has 0 saturated heterocycles. The Hall–Kier alpha value is -2.72. The van der Waals surface area contributed by atoms with Crippen LogP contribution in [0.2, 0.25) is 0 Å². The molecule has 0 fully saturated rings. The summed E-state index contributed by atoms with van der Waals surface area (Å²) >= 11 is 1.30. The van der Waals surface area contributed by atoms with Gasteiger partial charge in [-0.15, -0.1) is 0 Å². The monoisotopic (exact) mass is 364 g/mol. The van der Waals surface area contributed by atoms with Crippen molar-refractivity contribution in [3.05, 3.63) is 95.6 Å². The van der Waals surface area contributed by atoms with Crippen LogP contribution >= 0.6 is 11.8 Å².